The van der Waals surface area contributed by atoms with E-state index >= 15 is 0 Å². The molecule has 0 amide bonds. The molecule has 0 saturated heterocycles. The van der Waals surface area contributed by atoms with Crippen LogP contribution in [0.5, 0.6) is 0 Å². The molecule has 0 radical (unpaired) electrons. The van der Waals surface area contributed by atoms with Crippen molar-refractivity contribution in [1.82, 2.24) is 4.98 Å². The standard InChI is InChI=1S/C11H17N3/c1-4-8-14(3)11-10(9(2)12)6-5-7-13-11/h4-7,9H,1,8,12H2,2-3H3. The molecule has 0 aliphatic carbocycles. The number of nitrogens with two attached hydrogens (primary N) is 1. The SMILES string of the molecule is C=CCN(C)c1ncccc1C(C)N. The monoisotopic (exact) mass is 191 g/mol. The van der Waals surface area contributed by atoms with Gasteiger partial charge in [-0.2, -0.15) is 0 Å². The molecule has 0 aliphatic rings. The topological polar surface area (TPSA) is 42.2 Å². The molecule has 1 atom stereocenters. The van der Waals surface area contributed by atoms with E-state index in [-0.39, 0.29) is 6.04 Å². The number of hydrogen-bond donors (Lipinski definition) is 1. The van der Waals surface area contributed by atoms with Crippen LogP contribution >= 0.6 is 0 Å². The minimum Gasteiger partial charge on any atom is -0.356 e. The molecule has 3 nitrogen and oxygen atoms in total. The lowest BCUT2D eigenvalue weighted by Gasteiger charge is -2.20. The Balaban J connectivity index is 2.99. The summed E-state index contributed by atoms with van der Waals surface area (Å²) in [6.45, 7) is 6.44. The average molecular weight is 191 g/mol. The van der Waals surface area contributed by atoms with Crippen molar-refractivity contribution < 1.29 is 0 Å². The average Bonchev–Trinajstić information content (AvgIpc) is 2.18. The summed E-state index contributed by atoms with van der Waals surface area (Å²) in [5, 5.41) is 0. The number of rotatable bonds is 4. The molecule has 0 saturated carbocycles. The Bertz CT molecular complexity index is 307. The lowest BCUT2D eigenvalue weighted by Crippen LogP contribution is -2.21. The van der Waals surface area contributed by atoms with Gasteiger partial charge in [-0.1, -0.05) is 12.1 Å². The van der Waals surface area contributed by atoms with E-state index in [0.717, 1.165) is 17.9 Å². The summed E-state index contributed by atoms with van der Waals surface area (Å²) in [6, 6.07) is 3.92. The maximum Gasteiger partial charge on any atom is 0.133 e. The van der Waals surface area contributed by atoms with Gasteiger partial charge in [0.05, 0.1) is 0 Å². The minimum absolute atomic E-state index is 0.00552. The van der Waals surface area contributed by atoms with E-state index in [4.69, 9.17) is 5.73 Å². The zero-order chi connectivity index (χ0) is 10.6. The Morgan fingerprint density at radius 3 is 3.00 bits per heavy atom. The van der Waals surface area contributed by atoms with Gasteiger partial charge in [0.2, 0.25) is 0 Å². The van der Waals surface area contributed by atoms with Crippen LogP contribution in [-0.4, -0.2) is 18.6 Å². The Kier molecular flexibility index (Phi) is 3.65. The molecule has 0 fully saturated rings. The fourth-order valence-corrected chi connectivity index (χ4v) is 1.36. The predicted molar refractivity (Wildman–Crippen MR) is 60.3 cm³/mol. The van der Waals surface area contributed by atoms with Crippen LogP contribution in [0.2, 0.25) is 0 Å². The van der Waals surface area contributed by atoms with Crippen LogP contribution in [0.25, 0.3) is 0 Å². The first-order valence-electron chi connectivity index (χ1n) is 4.69. The van der Waals surface area contributed by atoms with Crippen LogP contribution in [0.4, 0.5) is 5.82 Å². The Hall–Kier alpha value is -1.35. The maximum absolute atomic E-state index is 5.86. The quantitative estimate of drug-likeness (QED) is 0.737. The van der Waals surface area contributed by atoms with Crippen LogP contribution in [0.1, 0.15) is 18.5 Å². The zero-order valence-electron chi connectivity index (χ0n) is 8.77. The highest BCUT2D eigenvalue weighted by Crippen LogP contribution is 2.20. The van der Waals surface area contributed by atoms with Crippen molar-refractivity contribution in [3.05, 3.63) is 36.5 Å². The number of pyridine rings is 1. The van der Waals surface area contributed by atoms with Crippen LogP contribution in [-0.2, 0) is 0 Å². The minimum atomic E-state index is 0.00552. The van der Waals surface area contributed by atoms with Crippen molar-refractivity contribution >= 4 is 5.82 Å². The molecule has 3 heteroatoms. The third kappa shape index (κ3) is 2.33. The third-order valence-corrected chi connectivity index (χ3v) is 2.07. The molecule has 76 valence electrons. The summed E-state index contributed by atoms with van der Waals surface area (Å²) in [6.07, 6.45) is 3.63. The number of anilines is 1. The Labute approximate surface area is 85.3 Å². The van der Waals surface area contributed by atoms with Gasteiger partial charge >= 0.3 is 0 Å². The third-order valence-electron chi connectivity index (χ3n) is 2.07. The van der Waals surface area contributed by atoms with Crippen molar-refractivity contribution in [2.45, 2.75) is 13.0 Å². The lowest BCUT2D eigenvalue weighted by atomic mass is 10.1. The largest absolute Gasteiger partial charge is 0.356 e. The van der Waals surface area contributed by atoms with Gasteiger partial charge in [0.1, 0.15) is 5.82 Å². The molecular formula is C11H17N3. The van der Waals surface area contributed by atoms with Crippen LogP contribution in [0.3, 0.4) is 0 Å². The van der Waals surface area contributed by atoms with E-state index in [1.165, 1.54) is 0 Å². The van der Waals surface area contributed by atoms with Crippen molar-refractivity contribution in [3.8, 4) is 0 Å². The van der Waals surface area contributed by atoms with E-state index in [1.54, 1.807) is 6.20 Å². The molecule has 0 bridgehead atoms. The zero-order valence-corrected chi connectivity index (χ0v) is 8.77. The fourth-order valence-electron chi connectivity index (χ4n) is 1.36. The molecule has 0 aliphatic heterocycles. The Morgan fingerprint density at radius 1 is 1.71 bits per heavy atom. The number of likely N-dealkylation sites (N-methyl/N-ethyl adjacent to an activating group) is 1. The molecule has 1 aromatic rings. The summed E-state index contributed by atoms with van der Waals surface area (Å²) in [4.78, 5) is 6.35. The first-order chi connectivity index (χ1) is 6.66. The molecule has 1 aromatic heterocycles. The number of nitrogens with zero attached hydrogens (tertiary/aromatic N) is 2. The van der Waals surface area contributed by atoms with Gasteiger partial charge in [-0.05, 0) is 13.0 Å². The summed E-state index contributed by atoms with van der Waals surface area (Å²) in [7, 11) is 1.98. The Morgan fingerprint density at radius 2 is 2.43 bits per heavy atom. The molecule has 1 rings (SSSR count). The predicted octanol–water partition coefficient (Wildman–Crippen LogP) is 1.72. The normalized spacial score (nSPS) is 12.2. The molecule has 0 spiro atoms. The molecule has 1 heterocycles. The van der Waals surface area contributed by atoms with Gasteiger partial charge in [0.25, 0.3) is 0 Å². The van der Waals surface area contributed by atoms with Crippen LogP contribution < -0.4 is 10.6 Å². The van der Waals surface area contributed by atoms with Crippen molar-refractivity contribution in [2.24, 2.45) is 5.73 Å². The highest BCUT2D eigenvalue weighted by atomic mass is 15.2. The molecule has 0 aromatic carbocycles. The van der Waals surface area contributed by atoms with Gasteiger partial charge in [-0.3, -0.25) is 0 Å². The lowest BCUT2D eigenvalue weighted by molar-refractivity contribution is 0.800. The maximum atomic E-state index is 5.86. The summed E-state index contributed by atoms with van der Waals surface area (Å²) in [5.74, 6) is 0.933. The second-order valence-electron chi connectivity index (χ2n) is 3.37. The van der Waals surface area contributed by atoms with Crippen LogP contribution in [0, 0.1) is 0 Å². The number of hydrogen-bond acceptors (Lipinski definition) is 3. The van der Waals surface area contributed by atoms with E-state index in [0.29, 0.717) is 0 Å². The van der Waals surface area contributed by atoms with Crippen molar-refractivity contribution in [1.29, 1.82) is 0 Å². The molecule has 1 unspecified atom stereocenters. The molecule has 2 N–H and O–H groups in total. The van der Waals surface area contributed by atoms with Crippen molar-refractivity contribution in [3.63, 3.8) is 0 Å². The molecule has 14 heavy (non-hydrogen) atoms. The summed E-state index contributed by atoms with van der Waals surface area (Å²) in [5.41, 5.74) is 6.92. The second-order valence-corrected chi connectivity index (χ2v) is 3.37. The van der Waals surface area contributed by atoms with Crippen LogP contribution in [0.15, 0.2) is 31.0 Å². The van der Waals surface area contributed by atoms with E-state index in [9.17, 15) is 0 Å². The van der Waals surface area contributed by atoms with Crippen molar-refractivity contribution in [2.75, 3.05) is 18.5 Å². The van der Waals surface area contributed by atoms with Gasteiger partial charge in [0, 0.05) is 31.4 Å². The summed E-state index contributed by atoms with van der Waals surface area (Å²) >= 11 is 0. The van der Waals surface area contributed by atoms with Gasteiger partial charge in [-0.25, -0.2) is 4.98 Å². The van der Waals surface area contributed by atoms with Gasteiger partial charge < -0.3 is 10.6 Å². The first-order valence-corrected chi connectivity index (χ1v) is 4.69. The first kappa shape index (κ1) is 10.7. The molecular weight excluding hydrogens is 174 g/mol. The highest BCUT2D eigenvalue weighted by Gasteiger charge is 2.09. The van der Waals surface area contributed by atoms with Gasteiger partial charge in [-0.15, -0.1) is 6.58 Å². The fraction of sp³-hybridized carbons (Fsp3) is 0.364. The number of aromatic nitrogens is 1. The smallest absolute Gasteiger partial charge is 0.133 e. The van der Waals surface area contributed by atoms with E-state index < -0.39 is 0 Å². The highest BCUT2D eigenvalue weighted by molar-refractivity contribution is 5.47. The van der Waals surface area contributed by atoms with E-state index in [1.807, 2.05) is 37.1 Å². The second kappa shape index (κ2) is 4.77. The van der Waals surface area contributed by atoms with Gasteiger partial charge in [0.15, 0.2) is 0 Å². The summed E-state index contributed by atoms with van der Waals surface area (Å²) < 4.78 is 0. The van der Waals surface area contributed by atoms with E-state index in [2.05, 4.69) is 11.6 Å².